The third-order valence-corrected chi connectivity index (χ3v) is 10.8. The maximum absolute atomic E-state index is 5.10. The SMILES string of the molecule is c1ccc2cc(-c3c4ccccc4c(-c4ccc5ccccc5c4)c4cc(-c5ccc(-n6c7ccccc7c7ncccc76)cn5)ccc34)ccc2c1. The van der Waals surface area contributed by atoms with E-state index in [2.05, 4.69) is 174 Å². The minimum Gasteiger partial charge on any atom is -0.306 e. The fraction of sp³-hybridized carbons (Fsp3) is 0. The van der Waals surface area contributed by atoms with Crippen molar-refractivity contribution in [2.75, 3.05) is 0 Å². The van der Waals surface area contributed by atoms with Crippen LogP contribution < -0.4 is 0 Å². The Hall–Kier alpha value is -7.10. The Balaban J connectivity index is 1.15. The van der Waals surface area contributed by atoms with Crippen LogP contribution in [0.25, 0.3) is 104 Å². The van der Waals surface area contributed by atoms with Crippen LogP contribution >= 0.6 is 0 Å². The van der Waals surface area contributed by atoms with E-state index >= 15 is 0 Å². The number of fused-ring (bicyclic) bond motifs is 7. The van der Waals surface area contributed by atoms with Crippen LogP contribution in [0.3, 0.4) is 0 Å². The highest BCUT2D eigenvalue weighted by Gasteiger charge is 2.19. The van der Waals surface area contributed by atoms with Gasteiger partial charge in [-0.15, -0.1) is 0 Å². The van der Waals surface area contributed by atoms with E-state index in [1.165, 1.54) is 65.3 Å². The summed E-state index contributed by atoms with van der Waals surface area (Å²) in [4.78, 5) is 9.83. The van der Waals surface area contributed by atoms with E-state index in [0.717, 1.165) is 38.9 Å². The van der Waals surface area contributed by atoms with Crippen molar-refractivity contribution >= 4 is 65.0 Å². The van der Waals surface area contributed by atoms with E-state index in [4.69, 9.17) is 9.97 Å². The molecule has 0 bridgehead atoms. The zero-order valence-corrected chi connectivity index (χ0v) is 28.7. The molecule has 0 saturated heterocycles. The number of hydrogen-bond donors (Lipinski definition) is 0. The molecule has 11 rings (SSSR count). The van der Waals surface area contributed by atoms with E-state index in [1.807, 2.05) is 18.5 Å². The highest BCUT2D eigenvalue weighted by molar-refractivity contribution is 6.22. The Bertz CT molecular complexity index is 3170. The summed E-state index contributed by atoms with van der Waals surface area (Å²) in [6, 6.07) is 63.6. The zero-order chi connectivity index (χ0) is 34.9. The van der Waals surface area contributed by atoms with Crippen LogP contribution in [-0.4, -0.2) is 14.5 Å². The Morgan fingerprint density at radius 1 is 0.358 bits per heavy atom. The lowest BCUT2D eigenvalue weighted by Gasteiger charge is -2.19. The maximum Gasteiger partial charge on any atom is 0.0963 e. The van der Waals surface area contributed by atoms with Crippen LogP contribution in [0, 0.1) is 0 Å². The summed E-state index contributed by atoms with van der Waals surface area (Å²) >= 11 is 0. The highest BCUT2D eigenvalue weighted by atomic mass is 15.0. The summed E-state index contributed by atoms with van der Waals surface area (Å²) in [5, 5.41) is 11.0. The van der Waals surface area contributed by atoms with Crippen molar-refractivity contribution in [2.24, 2.45) is 0 Å². The van der Waals surface area contributed by atoms with Gasteiger partial charge in [-0.1, -0.05) is 127 Å². The molecule has 3 nitrogen and oxygen atoms in total. The average molecular weight is 674 g/mol. The molecule has 246 valence electrons. The molecule has 53 heavy (non-hydrogen) atoms. The molecule has 8 aromatic carbocycles. The van der Waals surface area contributed by atoms with Gasteiger partial charge in [0.2, 0.25) is 0 Å². The standard InChI is InChI=1S/C50H31N3/c1-3-12-34-28-37(21-19-32(34)10-1)48-40-14-5-6-15-41(40)49(38-22-20-33-11-2-4-13-35(33)29-38)44-30-36(23-25-42(44)48)45-26-24-39(31-52-45)53-46-17-8-7-16-43(46)50-47(53)18-9-27-51-50/h1-31H. The van der Waals surface area contributed by atoms with Gasteiger partial charge in [-0.3, -0.25) is 9.97 Å². The van der Waals surface area contributed by atoms with Gasteiger partial charge in [0, 0.05) is 17.1 Å². The monoisotopic (exact) mass is 673 g/mol. The molecular weight excluding hydrogens is 643 g/mol. The van der Waals surface area contributed by atoms with Gasteiger partial charge >= 0.3 is 0 Å². The maximum atomic E-state index is 5.10. The number of nitrogens with zero attached hydrogens (tertiary/aromatic N) is 3. The lowest BCUT2D eigenvalue weighted by Crippen LogP contribution is -1.96. The van der Waals surface area contributed by atoms with Crippen molar-refractivity contribution in [3.05, 3.63) is 188 Å². The predicted octanol–water partition coefficient (Wildman–Crippen LogP) is 13.2. The zero-order valence-electron chi connectivity index (χ0n) is 28.7. The van der Waals surface area contributed by atoms with Gasteiger partial charge in [0.25, 0.3) is 0 Å². The number of benzene rings is 8. The molecule has 0 unspecified atom stereocenters. The third-order valence-electron chi connectivity index (χ3n) is 10.8. The molecule has 11 aromatic rings. The first-order chi connectivity index (χ1) is 26.3. The summed E-state index contributed by atoms with van der Waals surface area (Å²) < 4.78 is 2.26. The predicted molar refractivity (Wildman–Crippen MR) is 223 cm³/mol. The van der Waals surface area contributed by atoms with Gasteiger partial charge in [-0.05, 0) is 114 Å². The first-order valence-corrected chi connectivity index (χ1v) is 18.1. The van der Waals surface area contributed by atoms with Crippen molar-refractivity contribution in [1.29, 1.82) is 0 Å². The molecule has 0 aliphatic heterocycles. The first-order valence-electron chi connectivity index (χ1n) is 18.1. The smallest absolute Gasteiger partial charge is 0.0963 e. The molecule has 0 atom stereocenters. The van der Waals surface area contributed by atoms with Gasteiger partial charge < -0.3 is 4.57 Å². The van der Waals surface area contributed by atoms with Gasteiger partial charge in [0.15, 0.2) is 0 Å². The number of pyridine rings is 2. The molecule has 0 spiro atoms. The summed E-state index contributed by atoms with van der Waals surface area (Å²) in [6.45, 7) is 0. The second kappa shape index (κ2) is 11.7. The van der Waals surface area contributed by atoms with Crippen molar-refractivity contribution in [2.45, 2.75) is 0 Å². The minimum absolute atomic E-state index is 0.930. The first kappa shape index (κ1) is 29.6. The lowest BCUT2D eigenvalue weighted by molar-refractivity contribution is 1.14. The largest absolute Gasteiger partial charge is 0.306 e. The second-order valence-electron chi connectivity index (χ2n) is 13.8. The third kappa shape index (κ3) is 4.68. The van der Waals surface area contributed by atoms with Crippen LogP contribution in [0.2, 0.25) is 0 Å². The Morgan fingerprint density at radius 2 is 0.925 bits per heavy atom. The molecule has 0 aliphatic rings. The van der Waals surface area contributed by atoms with Gasteiger partial charge in [0.05, 0.1) is 34.1 Å². The Kier molecular flexibility index (Phi) is 6.55. The van der Waals surface area contributed by atoms with Crippen molar-refractivity contribution in [3.63, 3.8) is 0 Å². The number of para-hydroxylation sites is 1. The van der Waals surface area contributed by atoms with Crippen LogP contribution in [-0.2, 0) is 0 Å². The minimum atomic E-state index is 0.930. The molecular formula is C50H31N3. The number of rotatable bonds is 4. The fourth-order valence-corrected chi connectivity index (χ4v) is 8.40. The molecule has 3 heteroatoms. The fourth-order valence-electron chi connectivity index (χ4n) is 8.40. The molecule has 3 aromatic heterocycles. The van der Waals surface area contributed by atoms with E-state index in [0.29, 0.717) is 0 Å². The highest BCUT2D eigenvalue weighted by Crippen LogP contribution is 2.45. The lowest BCUT2D eigenvalue weighted by atomic mass is 9.84. The second-order valence-corrected chi connectivity index (χ2v) is 13.8. The molecule has 0 amide bonds. The quantitative estimate of drug-likeness (QED) is 0.174. The Morgan fingerprint density at radius 3 is 1.60 bits per heavy atom. The normalized spacial score (nSPS) is 11.8. The van der Waals surface area contributed by atoms with Gasteiger partial charge in [0.1, 0.15) is 0 Å². The molecule has 0 aliphatic carbocycles. The van der Waals surface area contributed by atoms with Crippen molar-refractivity contribution in [3.8, 4) is 39.2 Å². The molecule has 0 radical (unpaired) electrons. The molecule has 0 saturated carbocycles. The van der Waals surface area contributed by atoms with Crippen LogP contribution in [0.15, 0.2) is 188 Å². The van der Waals surface area contributed by atoms with Gasteiger partial charge in [-0.2, -0.15) is 0 Å². The van der Waals surface area contributed by atoms with Crippen molar-refractivity contribution in [1.82, 2.24) is 14.5 Å². The van der Waals surface area contributed by atoms with E-state index < -0.39 is 0 Å². The van der Waals surface area contributed by atoms with Crippen molar-refractivity contribution < 1.29 is 0 Å². The van der Waals surface area contributed by atoms with E-state index in [9.17, 15) is 0 Å². The van der Waals surface area contributed by atoms with Crippen LogP contribution in [0.5, 0.6) is 0 Å². The molecule has 0 N–H and O–H groups in total. The number of aromatic nitrogens is 3. The summed E-state index contributed by atoms with van der Waals surface area (Å²) in [5.41, 5.74) is 11.1. The Labute approximate surface area is 306 Å². The summed E-state index contributed by atoms with van der Waals surface area (Å²) in [5.74, 6) is 0. The topological polar surface area (TPSA) is 30.7 Å². The van der Waals surface area contributed by atoms with Gasteiger partial charge in [-0.25, -0.2) is 0 Å². The van der Waals surface area contributed by atoms with Crippen LogP contribution in [0.1, 0.15) is 0 Å². The summed E-state index contributed by atoms with van der Waals surface area (Å²) in [6.07, 6.45) is 3.85. The molecule has 0 fully saturated rings. The van der Waals surface area contributed by atoms with E-state index in [-0.39, 0.29) is 0 Å². The average Bonchev–Trinajstić information content (AvgIpc) is 3.56. The number of hydrogen-bond acceptors (Lipinski definition) is 2. The van der Waals surface area contributed by atoms with Crippen LogP contribution in [0.4, 0.5) is 0 Å². The van der Waals surface area contributed by atoms with E-state index in [1.54, 1.807) is 0 Å². The summed E-state index contributed by atoms with van der Waals surface area (Å²) in [7, 11) is 0. The molecule has 3 heterocycles.